The van der Waals surface area contributed by atoms with Crippen molar-refractivity contribution in [3.8, 4) is 0 Å². The molecule has 1 aromatic rings. The van der Waals surface area contributed by atoms with E-state index in [9.17, 15) is 0 Å². The van der Waals surface area contributed by atoms with Crippen LogP contribution in [0.2, 0.25) is 0 Å². The van der Waals surface area contributed by atoms with Gasteiger partial charge in [-0.15, -0.1) is 0 Å². The van der Waals surface area contributed by atoms with Gasteiger partial charge in [0.15, 0.2) is 0 Å². The molecule has 0 unspecified atom stereocenters. The summed E-state index contributed by atoms with van der Waals surface area (Å²) in [6.07, 6.45) is 2.84. The highest BCUT2D eigenvalue weighted by Gasteiger charge is 1.92. The lowest BCUT2D eigenvalue weighted by molar-refractivity contribution is 0.189. The number of nitrogen functional groups attached to an aromatic ring is 1. The summed E-state index contributed by atoms with van der Waals surface area (Å²) in [7, 11) is 1.69. The van der Waals surface area contributed by atoms with Crippen molar-refractivity contribution >= 4 is 5.82 Å². The summed E-state index contributed by atoms with van der Waals surface area (Å²) in [5, 5.41) is 4.02. The minimum atomic E-state index is 0.572. The summed E-state index contributed by atoms with van der Waals surface area (Å²) >= 11 is 0. The van der Waals surface area contributed by atoms with Crippen molar-refractivity contribution in [1.29, 1.82) is 0 Å². The molecule has 0 spiro atoms. The van der Waals surface area contributed by atoms with Gasteiger partial charge in [-0.05, 0) is 12.5 Å². The number of hydrogen-bond acceptors (Lipinski definition) is 3. The van der Waals surface area contributed by atoms with E-state index in [4.69, 9.17) is 10.5 Å². The first-order valence-electron chi connectivity index (χ1n) is 3.61. The molecule has 4 nitrogen and oxygen atoms in total. The lowest BCUT2D eigenvalue weighted by Gasteiger charge is -1.98. The third kappa shape index (κ3) is 2.59. The van der Waals surface area contributed by atoms with Crippen LogP contribution in [0.5, 0.6) is 0 Å². The van der Waals surface area contributed by atoms with Crippen LogP contribution in [0.15, 0.2) is 12.3 Å². The molecule has 0 bridgehead atoms. The summed E-state index contributed by atoms with van der Waals surface area (Å²) in [5.74, 6) is 0.572. The Hall–Kier alpha value is -1.03. The standard InChI is InChI=1S/C7H13N3O/c1-11-6-2-4-10-5-3-7(8)9-10/h3,5H,2,4,6H2,1H3,(H2,8,9). The maximum Gasteiger partial charge on any atom is 0.145 e. The lowest BCUT2D eigenvalue weighted by atomic mass is 10.4. The molecule has 0 fully saturated rings. The Morgan fingerprint density at radius 1 is 1.73 bits per heavy atom. The number of aromatic nitrogens is 2. The van der Waals surface area contributed by atoms with Gasteiger partial charge in [0.05, 0.1) is 0 Å². The molecule has 0 amide bonds. The third-order valence-electron chi connectivity index (χ3n) is 1.40. The Balaban J connectivity index is 2.27. The number of aryl methyl sites for hydroxylation is 1. The van der Waals surface area contributed by atoms with Crippen molar-refractivity contribution in [2.75, 3.05) is 19.5 Å². The van der Waals surface area contributed by atoms with Gasteiger partial charge < -0.3 is 10.5 Å². The quantitative estimate of drug-likeness (QED) is 0.644. The number of methoxy groups -OCH3 is 1. The van der Waals surface area contributed by atoms with Crippen molar-refractivity contribution in [1.82, 2.24) is 9.78 Å². The second kappa shape index (κ2) is 3.98. The van der Waals surface area contributed by atoms with Crippen LogP contribution in [0, 0.1) is 0 Å². The second-order valence-electron chi connectivity index (χ2n) is 2.35. The Kier molecular flexibility index (Phi) is 2.92. The molecule has 2 N–H and O–H groups in total. The van der Waals surface area contributed by atoms with E-state index in [1.54, 1.807) is 13.2 Å². The molecule has 1 aromatic heterocycles. The zero-order valence-electron chi connectivity index (χ0n) is 6.66. The molecule has 11 heavy (non-hydrogen) atoms. The minimum Gasteiger partial charge on any atom is -0.385 e. The molecule has 1 rings (SSSR count). The molecule has 0 aromatic carbocycles. The first-order valence-corrected chi connectivity index (χ1v) is 3.61. The molecule has 0 aliphatic carbocycles. The van der Waals surface area contributed by atoms with Gasteiger partial charge in [0.1, 0.15) is 5.82 Å². The Morgan fingerprint density at radius 2 is 2.55 bits per heavy atom. The fourth-order valence-corrected chi connectivity index (χ4v) is 0.873. The topological polar surface area (TPSA) is 53.1 Å². The summed E-state index contributed by atoms with van der Waals surface area (Å²) in [5.41, 5.74) is 5.42. The fraction of sp³-hybridized carbons (Fsp3) is 0.571. The van der Waals surface area contributed by atoms with Crippen LogP contribution in [0.25, 0.3) is 0 Å². The zero-order chi connectivity index (χ0) is 8.10. The van der Waals surface area contributed by atoms with Crippen LogP contribution in [-0.2, 0) is 11.3 Å². The summed E-state index contributed by atoms with van der Waals surface area (Å²) in [4.78, 5) is 0. The number of anilines is 1. The molecular formula is C7H13N3O. The van der Waals surface area contributed by atoms with Crippen LogP contribution < -0.4 is 5.73 Å². The smallest absolute Gasteiger partial charge is 0.145 e. The number of nitrogens with zero attached hydrogens (tertiary/aromatic N) is 2. The van der Waals surface area contributed by atoms with Crippen molar-refractivity contribution in [3.63, 3.8) is 0 Å². The molecule has 0 aliphatic heterocycles. The fourth-order valence-electron chi connectivity index (χ4n) is 0.873. The van der Waals surface area contributed by atoms with Gasteiger partial charge in [-0.2, -0.15) is 5.10 Å². The van der Waals surface area contributed by atoms with Crippen molar-refractivity contribution in [3.05, 3.63) is 12.3 Å². The minimum absolute atomic E-state index is 0.572. The van der Waals surface area contributed by atoms with Gasteiger partial charge in [0.2, 0.25) is 0 Å². The maximum absolute atomic E-state index is 5.42. The molecule has 1 heterocycles. The van der Waals surface area contributed by atoms with Gasteiger partial charge in [-0.3, -0.25) is 4.68 Å². The average Bonchev–Trinajstić information content (AvgIpc) is 2.37. The Labute approximate surface area is 66.0 Å². The van der Waals surface area contributed by atoms with E-state index in [-0.39, 0.29) is 0 Å². The average molecular weight is 155 g/mol. The number of hydrogen-bond donors (Lipinski definition) is 1. The number of nitrogens with two attached hydrogens (primary N) is 1. The highest BCUT2D eigenvalue weighted by Crippen LogP contribution is 1.96. The predicted molar refractivity (Wildman–Crippen MR) is 43.1 cm³/mol. The van der Waals surface area contributed by atoms with E-state index >= 15 is 0 Å². The van der Waals surface area contributed by atoms with Crippen LogP contribution in [-0.4, -0.2) is 23.5 Å². The van der Waals surface area contributed by atoms with Gasteiger partial charge in [0.25, 0.3) is 0 Å². The summed E-state index contributed by atoms with van der Waals surface area (Å²) in [6, 6.07) is 1.78. The van der Waals surface area contributed by atoms with Crippen molar-refractivity contribution < 1.29 is 4.74 Å². The monoisotopic (exact) mass is 155 g/mol. The molecule has 0 saturated carbocycles. The molecule has 0 saturated heterocycles. The van der Waals surface area contributed by atoms with Gasteiger partial charge >= 0.3 is 0 Å². The molecule has 0 radical (unpaired) electrons. The normalized spacial score (nSPS) is 10.3. The van der Waals surface area contributed by atoms with Gasteiger partial charge in [0, 0.05) is 26.5 Å². The van der Waals surface area contributed by atoms with E-state index in [1.807, 2.05) is 10.9 Å². The molecule has 0 aliphatic rings. The Bertz CT molecular complexity index is 209. The van der Waals surface area contributed by atoms with Crippen molar-refractivity contribution in [2.24, 2.45) is 0 Å². The van der Waals surface area contributed by atoms with E-state index in [0.29, 0.717) is 5.82 Å². The third-order valence-corrected chi connectivity index (χ3v) is 1.40. The lowest BCUT2D eigenvalue weighted by Crippen LogP contribution is -2.02. The molecular weight excluding hydrogens is 142 g/mol. The highest BCUT2D eigenvalue weighted by atomic mass is 16.5. The second-order valence-corrected chi connectivity index (χ2v) is 2.35. The van der Waals surface area contributed by atoms with E-state index in [1.165, 1.54) is 0 Å². The first-order chi connectivity index (χ1) is 5.33. The SMILES string of the molecule is COCCCn1ccc(N)n1. The van der Waals surface area contributed by atoms with Crippen LogP contribution in [0.4, 0.5) is 5.82 Å². The summed E-state index contributed by atoms with van der Waals surface area (Å²) < 4.78 is 6.71. The molecule has 4 heteroatoms. The van der Waals surface area contributed by atoms with E-state index < -0.39 is 0 Å². The van der Waals surface area contributed by atoms with Crippen LogP contribution in [0.1, 0.15) is 6.42 Å². The Morgan fingerprint density at radius 3 is 3.09 bits per heavy atom. The van der Waals surface area contributed by atoms with E-state index in [2.05, 4.69) is 5.10 Å². The molecule has 0 atom stereocenters. The number of ether oxygens (including phenoxy) is 1. The van der Waals surface area contributed by atoms with Gasteiger partial charge in [-0.25, -0.2) is 0 Å². The van der Waals surface area contributed by atoms with Crippen LogP contribution >= 0.6 is 0 Å². The van der Waals surface area contributed by atoms with Crippen LogP contribution in [0.3, 0.4) is 0 Å². The number of rotatable bonds is 4. The van der Waals surface area contributed by atoms with Gasteiger partial charge in [-0.1, -0.05) is 0 Å². The zero-order valence-corrected chi connectivity index (χ0v) is 6.66. The predicted octanol–water partition coefficient (Wildman–Crippen LogP) is 0.502. The maximum atomic E-state index is 5.42. The first kappa shape index (κ1) is 8.07. The molecule has 62 valence electrons. The van der Waals surface area contributed by atoms with E-state index in [0.717, 1.165) is 19.6 Å². The summed E-state index contributed by atoms with van der Waals surface area (Å²) in [6.45, 7) is 1.63. The highest BCUT2D eigenvalue weighted by molar-refractivity contribution is 5.23. The van der Waals surface area contributed by atoms with Crippen molar-refractivity contribution in [2.45, 2.75) is 13.0 Å². The largest absolute Gasteiger partial charge is 0.385 e.